The van der Waals surface area contributed by atoms with Crippen molar-refractivity contribution in [2.24, 2.45) is 0 Å². The van der Waals surface area contributed by atoms with Crippen LogP contribution in [0.2, 0.25) is 0 Å². The van der Waals surface area contributed by atoms with Crippen molar-refractivity contribution in [2.75, 3.05) is 58.9 Å². The summed E-state index contributed by atoms with van der Waals surface area (Å²) in [7, 11) is 4.83. The van der Waals surface area contributed by atoms with Gasteiger partial charge in [-0.25, -0.2) is 14.8 Å². The highest BCUT2D eigenvalue weighted by Gasteiger charge is 2.22. The van der Waals surface area contributed by atoms with Crippen LogP contribution in [-0.2, 0) is 20.9 Å². The average Bonchev–Trinajstić information content (AvgIpc) is 2.83. The van der Waals surface area contributed by atoms with Gasteiger partial charge in [-0.3, -0.25) is 15.5 Å². The quantitative estimate of drug-likeness (QED) is 0.491. The molecule has 0 unspecified atom stereocenters. The molecule has 1 aromatic heterocycles. The molecular weight excluding hydrogens is 426 g/mol. The van der Waals surface area contributed by atoms with Crippen molar-refractivity contribution in [3.8, 4) is 11.1 Å². The number of ether oxygens (including phenoxy) is 2. The molecule has 2 amide bonds. The highest BCUT2D eigenvalue weighted by Crippen LogP contribution is 2.21. The Bertz CT molecular complexity index is 973. The second-order valence-electron chi connectivity index (χ2n) is 7.72. The van der Waals surface area contributed by atoms with Gasteiger partial charge >= 0.3 is 6.09 Å². The number of piperazine rings is 1. The molecule has 1 fully saturated rings. The summed E-state index contributed by atoms with van der Waals surface area (Å²) in [5.74, 6) is 0.566. The van der Waals surface area contributed by atoms with Crippen molar-refractivity contribution >= 4 is 23.9 Å². The maximum absolute atomic E-state index is 11.9. The number of anilines is 1. The summed E-state index contributed by atoms with van der Waals surface area (Å²) in [5.41, 5.74) is 2.55. The maximum atomic E-state index is 11.9. The van der Waals surface area contributed by atoms with Crippen molar-refractivity contribution in [2.45, 2.75) is 6.61 Å². The van der Waals surface area contributed by atoms with E-state index in [4.69, 9.17) is 14.9 Å². The van der Waals surface area contributed by atoms with E-state index in [2.05, 4.69) is 20.2 Å². The zero-order chi connectivity index (χ0) is 23.8. The third kappa shape index (κ3) is 6.62. The molecule has 1 saturated heterocycles. The van der Waals surface area contributed by atoms with Gasteiger partial charge in [0.25, 0.3) is 0 Å². The Hall–Kier alpha value is -3.73. The van der Waals surface area contributed by atoms with Crippen LogP contribution in [-0.4, -0.2) is 91.7 Å². The molecule has 11 heteroatoms. The first-order valence-electron chi connectivity index (χ1n) is 10.5. The van der Waals surface area contributed by atoms with Gasteiger partial charge in [0.2, 0.25) is 11.9 Å². The van der Waals surface area contributed by atoms with Gasteiger partial charge in [0.15, 0.2) is 5.96 Å². The molecule has 2 N–H and O–H groups in total. The molecule has 0 atom stereocenters. The van der Waals surface area contributed by atoms with Crippen LogP contribution >= 0.6 is 0 Å². The second kappa shape index (κ2) is 11.2. The molecule has 1 aliphatic rings. The van der Waals surface area contributed by atoms with Crippen LogP contribution < -0.4 is 10.2 Å². The second-order valence-corrected chi connectivity index (χ2v) is 7.72. The number of hydrogen-bond donors (Lipinski definition) is 2. The summed E-state index contributed by atoms with van der Waals surface area (Å²) in [6, 6.07) is 7.57. The van der Waals surface area contributed by atoms with E-state index in [1.54, 1.807) is 31.4 Å². The molecule has 11 nitrogen and oxygen atoms in total. The molecule has 0 radical (unpaired) electrons. The summed E-state index contributed by atoms with van der Waals surface area (Å²) in [6.45, 7) is 2.71. The lowest BCUT2D eigenvalue weighted by Gasteiger charge is -2.34. The van der Waals surface area contributed by atoms with Crippen LogP contribution in [0.25, 0.3) is 11.1 Å². The Labute approximate surface area is 192 Å². The van der Waals surface area contributed by atoms with E-state index in [1.807, 2.05) is 24.3 Å². The van der Waals surface area contributed by atoms with Crippen molar-refractivity contribution in [1.29, 1.82) is 5.41 Å². The third-order valence-electron chi connectivity index (χ3n) is 5.12. The maximum Gasteiger partial charge on any atom is 0.414 e. The van der Waals surface area contributed by atoms with E-state index in [0.29, 0.717) is 32.1 Å². The van der Waals surface area contributed by atoms with E-state index in [9.17, 15) is 9.59 Å². The van der Waals surface area contributed by atoms with Crippen molar-refractivity contribution in [3.63, 3.8) is 0 Å². The first-order valence-corrected chi connectivity index (χ1v) is 10.5. The number of nitrogens with zero attached hydrogens (tertiary/aromatic N) is 5. The van der Waals surface area contributed by atoms with Gasteiger partial charge in [0.05, 0.1) is 0 Å². The molecule has 1 aromatic carbocycles. The number of methoxy groups -OCH3 is 1. The van der Waals surface area contributed by atoms with Gasteiger partial charge in [-0.15, -0.1) is 0 Å². The number of nitrogens with one attached hydrogen (secondary N) is 2. The smallest absolute Gasteiger partial charge is 0.414 e. The summed E-state index contributed by atoms with van der Waals surface area (Å²) in [5, 5.41) is 9.96. The lowest BCUT2D eigenvalue weighted by Crippen LogP contribution is -2.50. The monoisotopic (exact) mass is 455 g/mol. The van der Waals surface area contributed by atoms with Gasteiger partial charge in [-0.2, -0.15) is 0 Å². The number of rotatable bonds is 6. The Morgan fingerprint density at radius 2 is 1.82 bits per heavy atom. The summed E-state index contributed by atoms with van der Waals surface area (Å²) in [4.78, 5) is 38.0. The first kappa shape index (κ1) is 23.9. The highest BCUT2D eigenvalue weighted by molar-refractivity contribution is 5.91. The number of guanidine groups is 1. The average molecular weight is 456 g/mol. The molecule has 1 aliphatic heterocycles. The van der Waals surface area contributed by atoms with Gasteiger partial charge in [0.1, 0.15) is 13.2 Å². The molecule has 0 saturated carbocycles. The first-order chi connectivity index (χ1) is 15.9. The molecule has 33 heavy (non-hydrogen) atoms. The SMILES string of the molecule is COCC(=O)N1CCN(c2ncc(-c3cccc(COC(=O)NC(=N)N(C)C)c3)cn2)CC1. The Balaban J connectivity index is 1.56. The molecule has 2 aromatic rings. The van der Waals surface area contributed by atoms with Gasteiger partial charge in [-0.1, -0.05) is 18.2 Å². The molecule has 2 heterocycles. The number of hydrogen-bond acceptors (Lipinski definition) is 8. The van der Waals surface area contributed by atoms with E-state index in [-0.39, 0.29) is 25.1 Å². The van der Waals surface area contributed by atoms with Crippen LogP contribution in [0.1, 0.15) is 5.56 Å². The van der Waals surface area contributed by atoms with Crippen LogP contribution in [0.3, 0.4) is 0 Å². The molecule has 0 aliphatic carbocycles. The zero-order valence-corrected chi connectivity index (χ0v) is 19.1. The predicted octanol–water partition coefficient (Wildman–Crippen LogP) is 1.16. The van der Waals surface area contributed by atoms with E-state index in [1.165, 1.54) is 12.0 Å². The van der Waals surface area contributed by atoms with Gasteiger partial charge in [0, 0.05) is 65.3 Å². The number of amides is 2. The largest absolute Gasteiger partial charge is 0.444 e. The summed E-state index contributed by atoms with van der Waals surface area (Å²) < 4.78 is 10.1. The standard InChI is InChI=1S/C22H29N7O4/c1-27(2)20(23)26-22(31)33-14-16-5-4-6-17(11-16)18-12-24-21(25-13-18)29-9-7-28(8-10-29)19(30)15-32-3/h4-6,11-13H,7-10,14-15H2,1-3H3,(H2,23,26,31). The number of carbonyl (C=O) groups excluding carboxylic acids is 2. The van der Waals surface area contributed by atoms with Gasteiger partial charge < -0.3 is 24.2 Å². The molecule has 3 rings (SSSR count). The van der Waals surface area contributed by atoms with Gasteiger partial charge in [-0.05, 0) is 17.2 Å². The Kier molecular flexibility index (Phi) is 8.14. The number of alkyl carbamates (subject to hydrolysis) is 1. The molecular formula is C22H29N7O4. The summed E-state index contributed by atoms with van der Waals surface area (Å²) in [6.07, 6.45) is 2.84. The van der Waals surface area contributed by atoms with Crippen molar-refractivity contribution in [3.05, 3.63) is 42.2 Å². The lowest BCUT2D eigenvalue weighted by molar-refractivity contribution is -0.135. The van der Waals surface area contributed by atoms with Crippen LogP contribution in [0.5, 0.6) is 0 Å². The van der Waals surface area contributed by atoms with Crippen LogP contribution in [0, 0.1) is 5.41 Å². The Morgan fingerprint density at radius 3 is 2.45 bits per heavy atom. The van der Waals surface area contributed by atoms with Crippen molar-refractivity contribution < 1.29 is 19.1 Å². The normalized spacial score (nSPS) is 13.4. The van der Waals surface area contributed by atoms with Crippen LogP contribution in [0.4, 0.5) is 10.7 Å². The van der Waals surface area contributed by atoms with Crippen LogP contribution in [0.15, 0.2) is 36.7 Å². The molecule has 0 spiro atoms. The topological polar surface area (TPSA) is 124 Å². The summed E-state index contributed by atoms with van der Waals surface area (Å²) >= 11 is 0. The minimum Gasteiger partial charge on any atom is -0.444 e. The van der Waals surface area contributed by atoms with E-state index < -0.39 is 6.09 Å². The zero-order valence-electron chi connectivity index (χ0n) is 19.1. The fourth-order valence-electron chi connectivity index (χ4n) is 3.24. The lowest BCUT2D eigenvalue weighted by atomic mass is 10.1. The predicted molar refractivity (Wildman–Crippen MR) is 123 cm³/mol. The number of carbonyl (C=O) groups is 2. The minimum atomic E-state index is -0.684. The molecule has 0 bridgehead atoms. The minimum absolute atomic E-state index is 0.00859. The van der Waals surface area contributed by atoms with E-state index >= 15 is 0 Å². The number of benzene rings is 1. The van der Waals surface area contributed by atoms with E-state index in [0.717, 1.165) is 16.7 Å². The highest BCUT2D eigenvalue weighted by atomic mass is 16.5. The van der Waals surface area contributed by atoms with Crippen molar-refractivity contribution in [1.82, 2.24) is 25.1 Å². The Morgan fingerprint density at radius 1 is 1.12 bits per heavy atom. The number of aromatic nitrogens is 2. The fraction of sp³-hybridized carbons (Fsp3) is 0.409. The fourth-order valence-corrected chi connectivity index (χ4v) is 3.24. The molecule has 176 valence electrons. The third-order valence-corrected chi connectivity index (χ3v) is 5.12.